The summed E-state index contributed by atoms with van der Waals surface area (Å²) < 4.78 is 10.6. The molecule has 5 nitrogen and oxygen atoms in total. The van der Waals surface area contributed by atoms with Crippen molar-refractivity contribution < 1.29 is 14.3 Å². The van der Waals surface area contributed by atoms with Crippen LogP contribution >= 0.6 is 11.8 Å². The van der Waals surface area contributed by atoms with E-state index in [1.54, 1.807) is 26.0 Å². The van der Waals surface area contributed by atoms with E-state index in [0.29, 0.717) is 6.42 Å². The van der Waals surface area contributed by atoms with Gasteiger partial charge in [0.1, 0.15) is 11.5 Å². The van der Waals surface area contributed by atoms with Crippen LogP contribution in [0.2, 0.25) is 0 Å². The summed E-state index contributed by atoms with van der Waals surface area (Å²) in [6.45, 7) is 0. The van der Waals surface area contributed by atoms with Gasteiger partial charge in [0.2, 0.25) is 5.91 Å². The number of carbonyl (C=O) groups excluding carboxylic acids is 1. The first-order valence-electron chi connectivity index (χ1n) is 10.9. The summed E-state index contributed by atoms with van der Waals surface area (Å²) in [7, 11) is 3.35. The first-order chi connectivity index (χ1) is 15.7. The van der Waals surface area contributed by atoms with Gasteiger partial charge in [-0.15, -0.1) is 0 Å². The molecule has 0 radical (unpaired) electrons. The van der Waals surface area contributed by atoms with Gasteiger partial charge < -0.3 is 9.47 Å². The molecule has 1 unspecified atom stereocenters. The van der Waals surface area contributed by atoms with Crippen molar-refractivity contribution >= 4 is 28.9 Å². The lowest BCUT2D eigenvalue weighted by Crippen LogP contribution is -2.45. The van der Waals surface area contributed by atoms with E-state index in [2.05, 4.69) is 30.3 Å². The van der Waals surface area contributed by atoms with Gasteiger partial charge in [0, 0.05) is 12.2 Å². The van der Waals surface area contributed by atoms with E-state index in [1.165, 1.54) is 11.1 Å². The van der Waals surface area contributed by atoms with Gasteiger partial charge in [0.05, 0.1) is 26.0 Å². The van der Waals surface area contributed by atoms with E-state index >= 15 is 0 Å². The molecule has 0 aromatic heterocycles. The van der Waals surface area contributed by atoms with E-state index in [-0.39, 0.29) is 11.9 Å². The van der Waals surface area contributed by atoms with Crippen LogP contribution in [0.5, 0.6) is 11.5 Å². The Hall–Kier alpha value is -2.99. The zero-order valence-electron chi connectivity index (χ0n) is 18.3. The van der Waals surface area contributed by atoms with Gasteiger partial charge >= 0.3 is 0 Å². The largest absolute Gasteiger partial charge is 0.497 e. The van der Waals surface area contributed by atoms with E-state index in [9.17, 15) is 4.79 Å². The maximum absolute atomic E-state index is 13.0. The maximum Gasteiger partial charge on any atom is 0.230 e. The Balaban J connectivity index is 1.61. The predicted octanol–water partition coefficient (Wildman–Crippen LogP) is 5.60. The quantitative estimate of drug-likeness (QED) is 0.613. The third-order valence-electron chi connectivity index (χ3n) is 6.21. The normalized spacial score (nSPS) is 21.8. The summed E-state index contributed by atoms with van der Waals surface area (Å²) in [6.07, 6.45) is 5.75. The lowest BCUT2D eigenvalue weighted by molar-refractivity contribution is -0.128. The van der Waals surface area contributed by atoms with Crippen LogP contribution < -0.4 is 9.47 Å². The second kappa shape index (κ2) is 8.87. The molecule has 2 aliphatic heterocycles. The number of methoxy groups -OCH3 is 2. The zero-order chi connectivity index (χ0) is 22.1. The number of amidine groups is 1. The second-order valence-corrected chi connectivity index (χ2v) is 9.16. The van der Waals surface area contributed by atoms with Crippen molar-refractivity contribution in [3.05, 3.63) is 76.5 Å². The van der Waals surface area contributed by atoms with Crippen LogP contribution in [0.3, 0.4) is 0 Å². The molecular formula is C26H26N2O3S. The molecule has 1 aliphatic carbocycles. The third kappa shape index (κ3) is 3.84. The minimum absolute atomic E-state index is 0.108. The molecule has 2 aromatic carbocycles. The zero-order valence-corrected chi connectivity index (χ0v) is 19.2. The summed E-state index contributed by atoms with van der Waals surface area (Å²) >= 11 is 1.68. The Bertz CT molecular complexity index is 1120. The molecule has 1 fully saturated rings. The second-order valence-electron chi connectivity index (χ2n) is 8.10. The number of thioether (sulfide) groups is 1. The smallest absolute Gasteiger partial charge is 0.230 e. The van der Waals surface area contributed by atoms with E-state index in [0.717, 1.165) is 58.5 Å². The van der Waals surface area contributed by atoms with Crippen molar-refractivity contribution in [1.82, 2.24) is 4.90 Å². The molecule has 32 heavy (non-hydrogen) atoms. The van der Waals surface area contributed by atoms with Gasteiger partial charge in [0.25, 0.3) is 0 Å². The van der Waals surface area contributed by atoms with Crippen molar-refractivity contribution in [3.63, 3.8) is 0 Å². The molecule has 164 valence electrons. The van der Waals surface area contributed by atoms with Gasteiger partial charge in [0.15, 0.2) is 5.17 Å². The van der Waals surface area contributed by atoms with Crippen LogP contribution in [0.1, 0.15) is 42.9 Å². The highest BCUT2D eigenvalue weighted by Crippen LogP contribution is 2.47. The molecule has 0 N–H and O–H groups in total. The first kappa shape index (κ1) is 20.9. The fourth-order valence-corrected chi connectivity index (χ4v) is 5.58. The number of nitrogens with zero attached hydrogens (tertiary/aromatic N) is 2. The molecule has 5 rings (SSSR count). The summed E-state index contributed by atoms with van der Waals surface area (Å²) in [5.41, 5.74) is 5.76. The number of carbonyl (C=O) groups is 1. The number of aliphatic imine (C=N–C) groups is 1. The lowest BCUT2D eigenvalue weighted by Gasteiger charge is -2.42. The highest BCUT2D eigenvalue weighted by Gasteiger charge is 2.40. The number of fused-ring (bicyclic) bond motifs is 1. The fraction of sp³-hybridized carbons (Fsp3) is 0.308. The molecular weight excluding hydrogens is 420 g/mol. The van der Waals surface area contributed by atoms with Crippen LogP contribution in [0.4, 0.5) is 0 Å². The van der Waals surface area contributed by atoms with Gasteiger partial charge in [-0.3, -0.25) is 9.69 Å². The number of allylic oxidation sites excluding steroid dienone is 1. The van der Waals surface area contributed by atoms with Gasteiger partial charge in [-0.1, -0.05) is 36.0 Å². The molecule has 3 aliphatic rings. The van der Waals surface area contributed by atoms with Crippen molar-refractivity contribution in [2.45, 2.75) is 31.7 Å². The van der Waals surface area contributed by atoms with E-state index in [4.69, 9.17) is 14.5 Å². The van der Waals surface area contributed by atoms with Crippen molar-refractivity contribution in [3.8, 4) is 11.5 Å². The van der Waals surface area contributed by atoms with Crippen LogP contribution in [0, 0.1) is 0 Å². The Morgan fingerprint density at radius 1 is 0.969 bits per heavy atom. The predicted molar refractivity (Wildman–Crippen MR) is 129 cm³/mol. The molecule has 6 heteroatoms. The monoisotopic (exact) mass is 446 g/mol. The van der Waals surface area contributed by atoms with Crippen LogP contribution in [0.25, 0.3) is 6.08 Å². The van der Waals surface area contributed by atoms with Gasteiger partial charge in [-0.2, -0.15) is 0 Å². The molecule has 0 saturated carbocycles. The standard InChI is InChI=1S/C26H26N2O3S/c1-30-20-10-6-17(7-11-20)16-19-4-3-5-22-24(19)27-26-28(23(29)14-15-32-26)25(22)18-8-12-21(31-2)13-9-18/h6-13,16,25H,3-5,14-15H2,1-2H3/b19-16-. The number of hydrogen-bond donors (Lipinski definition) is 0. The van der Waals surface area contributed by atoms with Crippen molar-refractivity contribution in [2.24, 2.45) is 4.99 Å². The molecule has 2 heterocycles. The third-order valence-corrected chi connectivity index (χ3v) is 7.16. The average Bonchev–Trinajstić information content (AvgIpc) is 2.84. The number of rotatable bonds is 4. The summed E-state index contributed by atoms with van der Waals surface area (Å²) in [5, 5.41) is 0.823. The van der Waals surface area contributed by atoms with Crippen molar-refractivity contribution in [2.75, 3.05) is 20.0 Å². The number of amides is 1. The number of ether oxygens (including phenoxy) is 2. The molecule has 1 saturated heterocycles. The molecule has 0 bridgehead atoms. The fourth-order valence-electron chi connectivity index (χ4n) is 4.62. The van der Waals surface area contributed by atoms with Gasteiger partial charge in [-0.05, 0) is 71.9 Å². The minimum atomic E-state index is -0.108. The SMILES string of the molecule is COc1ccc(/C=C2/CCCC3=C2N=C2SCCC(=O)N2C3c2ccc(OC)cc2)cc1. The van der Waals surface area contributed by atoms with Crippen LogP contribution in [0.15, 0.2) is 70.4 Å². The Labute approximate surface area is 192 Å². The number of benzene rings is 2. The van der Waals surface area contributed by atoms with E-state index in [1.807, 2.05) is 29.2 Å². The van der Waals surface area contributed by atoms with E-state index < -0.39 is 0 Å². The molecule has 1 atom stereocenters. The highest BCUT2D eigenvalue weighted by atomic mass is 32.2. The summed E-state index contributed by atoms with van der Waals surface area (Å²) in [5.74, 6) is 2.60. The Morgan fingerprint density at radius 2 is 1.66 bits per heavy atom. The highest BCUT2D eigenvalue weighted by molar-refractivity contribution is 8.14. The lowest BCUT2D eigenvalue weighted by atomic mass is 9.83. The summed E-state index contributed by atoms with van der Waals surface area (Å²) in [4.78, 5) is 20.0. The average molecular weight is 447 g/mol. The van der Waals surface area contributed by atoms with Crippen LogP contribution in [-0.4, -0.2) is 35.9 Å². The summed E-state index contributed by atoms with van der Waals surface area (Å²) in [6, 6.07) is 16.1. The van der Waals surface area contributed by atoms with Gasteiger partial charge in [-0.25, -0.2) is 4.99 Å². The molecule has 1 amide bonds. The maximum atomic E-state index is 13.0. The molecule has 2 aromatic rings. The first-order valence-corrected chi connectivity index (χ1v) is 11.9. The topological polar surface area (TPSA) is 51.1 Å². The van der Waals surface area contributed by atoms with Crippen molar-refractivity contribution in [1.29, 1.82) is 0 Å². The molecule has 0 spiro atoms. The Morgan fingerprint density at radius 3 is 2.34 bits per heavy atom. The Kier molecular flexibility index (Phi) is 5.79. The van der Waals surface area contributed by atoms with Crippen LogP contribution in [-0.2, 0) is 4.79 Å². The minimum Gasteiger partial charge on any atom is -0.497 e. The number of hydrogen-bond acceptors (Lipinski definition) is 5.